The average Bonchev–Trinajstić information content (AvgIpc) is 2.72. The van der Waals surface area contributed by atoms with Crippen LogP contribution in [0.15, 0.2) is 72.5 Å². The molecule has 1 atom stereocenters. The Labute approximate surface area is 168 Å². The highest BCUT2D eigenvalue weighted by Gasteiger charge is 2.37. The number of halogens is 2. The number of rotatable bonds is 6. The molecular formula is C23H21F2NO3. The lowest BCUT2D eigenvalue weighted by Crippen LogP contribution is -2.38. The first-order valence-corrected chi connectivity index (χ1v) is 9.21. The van der Waals surface area contributed by atoms with E-state index in [0.29, 0.717) is 11.3 Å². The standard InChI is InChI=1S/C23H21F2NO3/c1-3-12-29-23(28)21-15(2)26(14-17-10-7-11-19(24)22(17)25)20(27)13-18(21)16-8-5-4-6-9-16/h3-11,18H,1,12-14H2,2H3/t18-/m1/s1. The van der Waals surface area contributed by atoms with Gasteiger partial charge in [0.15, 0.2) is 11.6 Å². The molecule has 6 heteroatoms. The number of hydrogen-bond acceptors (Lipinski definition) is 3. The van der Waals surface area contributed by atoms with Crippen molar-refractivity contribution in [2.45, 2.75) is 25.8 Å². The van der Waals surface area contributed by atoms with Gasteiger partial charge in [0.2, 0.25) is 5.91 Å². The maximum Gasteiger partial charge on any atom is 0.336 e. The summed E-state index contributed by atoms with van der Waals surface area (Å²) in [4.78, 5) is 27.0. The van der Waals surface area contributed by atoms with Crippen molar-refractivity contribution in [1.29, 1.82) is 0 Å². The van der Waals surface area contributed by atoms with Gasteiger partial charge < -0.3 is 9.64 Å². The van der Waals surface area contributed by atoms with E-state index in [1.807, 2.05) is 30.3 Å². The van der Waals surface area contributed by atoms with Crippen molar-refractivity contribution in [3.05, 3.63) is 95.2 Å². The van der Waals surface area contributed by atoms with E-state index in [4.69, 9.17) is 4.74 Å². The molecule has 0 saturated carbocycles. The maximum atomic E-state index is 14.1. The van der Waals surface area contributed by atoms with Crippen LogP contribution in [0.25, 0.3) is 0 Å². The summed E-state index contributed by atoms with van der Waals surface area (Å²) in [5.41, 5.74) is 1.54. The minimum atomic E-state index is -1.01. The predicted molar refractivity (Wildman–Crippen MR) is 105 cm³/mol. The number of benzene rings is 2. The second kappa shape index (κ2) is 8.82. The Kier molecular flexibility index (Phi) is 6.22. The highest BCUT2D eigenvalue weighted by atomic mass is 19.2. The first-order valence-electron chi connectivity index (χ1n) is 9.21. The molecule has 3 rings (SSSR count). The lowest BCUT2D eigenvalue weighted by Gasteiger charge is -2.34. The number of nitrogens with zero attached hydrogens (tertiary/aromatic N) is 1. The molecule has 0 saturated heterocycles. The Morgan fingerprint density at radius 1 is 1.21 bits per heavy atom. The summed E-state index contributed by atoms with van der Waals surface area (Å²) in [5.74, 6) is -3.31. The van der Waals surface area contributed by atoms with Gasteiger partial charge in [0.05, 0.1) is 12.1 Å². The van der Waals surface area contributed by atoms with Crippen molar-refractivity contribution in [3.63, 3.8) is 0 Å². The van der Waals surface area contributed by atoms with E-state index < -0.39 is 23.5 Å². The van der Waals surface area contributed by atoms with Crippen LogP contribution >= 0.6 is 0 Å². The second-order valence-electron chi connectivity index (χ2n) is 6.75. The van der Waals surface area contributed by atoms with Crippen LogP contribution in [0.5, 0.6) is 0 Å². The summed E-state index contributed by atoms with van der Waals surface area (Å²) < 4.78 is 33.0. The Bertz CT molecular complexity index is 969. The van der Waals surface area contributed by atoms with E-state index in [-0.39, 0.29) is 31.0 Å². The highest BCUT2D eigenvalue weighted by Crippen LogP contribution is 2.37. The molecule has 0 spiro atoms. The van der Waals surface area contributed by atoms with Crippen LogP contribution in [-0.2, 0) is 20.9 Å². The molecule has 29 heavy (non-hydrogen) atoms. The van der Waals surface area contributed by atoms with E-state index in [1.54, 1.807) is 6.92 Å². The minimum Gasteiger partial charge on any atom is -0.458 e. The predicted octanol–water partition coefficient (Wildman–Crippen LogP) is 4.48. The fourth-order valence-electron chi connectivity index (χ4n) is 3.49. The smallest absolute Gasteiger partial charge is 0.336 e. The molecule has 2 aromatic rings. The number of allylic oxidation sites excluding steroid dienone is 1. The van der Waals surface area contributed by atoms with Crippen molar-refractivity contribution in [3.8, 4) is 0 Å². The summed E-state index contributed by atoms with van der Waals surface area (Å²) in [6.45, 7) is 5.02. The van der Waals surface area contributed by atoms with Crippen LogP contribution in [0.1, 0.15) is 30.4 Å². The molecule has 0 fully saturated rings. The van der Waals surface area contributed by atoms with Crippen LogP contribution in [-0.4, -0.2) is 23.4 Å². The molecule has 2 aromatic carbocycles. The molecule has 4 nitrogen and oxygen atoms in total. The maximum absolute atomic E-state index is 14.1. The van der Waals surface area contributed by atoms with Gasteiger partial charge in [-0.15, -0.1) is 0 Å². The van der Waals surface area contributed by atoms with Crippen LogP contribution < -0.4 is 0 Å². The molecule has 0 N–H and O–H groups in total. The molecule has 0 bridgehead atoms. The lowest BCUT2D eigenvalue weighted by atomic mass is 9.83. The number of amides is 1. The third-order valence-electron chi connectivity index (χ3n) is 4.94. The van der Waals surface area contributed by atoms with Crippen LogP contribution in [0.3, 0.4) is 0 Å². The molecule has 150 valence electrons. The molecule has 1 amide bonds. The van der Waals surface area contributed by atoms with Gasteiger partial charge in [0.25, 0.3) is 0 Å². The van der Waals surface area contributed by atoms with Gasteiger partial charge in [-0.25, -0.2) is 13.6 Å². The van der Waals surface area contributed by atoms with Gasteiger partial charge >= 0.3 is 5.97 Å². The zero-order valence-corrected chi connectivity index (χ0v) is 16.0. The zero-order valence-electron chi connectivity index (χ0n) is 16.0. The second-order valence-corrected chi connectivity index (χ2v) is 6.75. The molecule has 0 aromatic heterocycles. The molecule has 1 aliphatic rings. The van der Waals surface area contributed by atoms with Crippen molar-refractivity contribution >= 4 is 11.9 Å². The van der Waals surface area contributed by atoms with Crippen molar-refractivity contribution < 1.29 is 23.1 Å². The molecule has 1 heterocycles. The third kappa shape index (κ3) is 4.26. The van der Waals surface area contributed by atoms with Crippen LogP contribution in [0.4, 0.5) is 8.78 Å². The fraction of sp³-hybridized carbons (Fsp3) is 0.217. The summed E-state index contributed by atoms with van der Waals surface area (Å²) in [5, 5.41) is 0. The van der Waals surface area contributed by atoms with Gasteiger partial charge in [0, 0.05) is 23.6 Å². The number of carbonyl (C=O) groups excluding carboxylic acids is 2. The van der Waals surface area contributed by atoms with Gasteiger partial charge in [-0.05, 0) is 18.6 Å². The summed E-state index contributed by atoms with van der Waals surface area (Å²) in [6, 6.07) is 13.0. The first-order chi connectivity index (χ1) is 13.9. The summed E-state index contributed by atoms with van der Waals surface area (Å²) in [7, 11) is 0. The Hall–Kier alpha value is -3.28. The quantitative estimate of drug-likeness (QED) is 0.533. The Morgan fingerprint density at radius 2 is 1.93 bits per heavy atom. The number of esters is 1. The number of ether oxygens (including phenoxy) is 1. The minimum absolute atomic E-state index is 0.0246. The van der Waals surface area contributed by atoms with E-state index >= 15 is 0 Å². The van der Waals surface area contributed by atoms with Crippen LogP contribution in [0, 0.1) is 11.6 Å². The molecule has 0 unspecified atom stereocenters. The van der Waals surface area contributed by atoms with Crippen molar-refractivity contribution in [1.82, 2.24) is 4.90 Å². The number of carbonyl (C=O) groups is 2. The molecular weight excluding hydrogens is 376 g/mol. The zero-order chi connectivity index (χ0) is 21.0. The van der Waals surface area contributed by atoms with Crippen molar-refractivity contribution in [2.24, 2.45) is 0 Å². The average molecular weight is 397 g/mol. The SMILES string of the molecule is C=CCOC(=O)C1=C(C)N(Cc2cccc(F)c2F)C(=O)C[C@@H]1c1ccccc1. The normalized spacial score (nSPS) is 16.7. The van der Waals surface area contributed by atoms with E-state index in [2.05, 4.69) is 6.58 Å². The van der Waals surface area contributed by atoms with E-state index in [0.717, 1.165) is 11.6 Å². The summed E-state index contributed by atoms with van der Waals surface area (Å²) in [6.07, 6.45) is 1.48. The monoisotopic (exact) mass is 397 g/mol. The third-order valence-corrected chi connectivity index (χ3v) is 4.94. The molecule has 1 aliphatic heterocycles. The highest BCUT2D eigenvalue weighted by molar-refractivity contribution is 5.95. The Balaban J connectivity index is 2.03. The Morgan fingerprint density at radius 3 is 2.62 bits per heavy atom. The van der Waals surface area contributed by atoms with Crippen LogP contribution in [0.2, 0.25) is 0 Å². The van der Waals surface area contributed by atoms with E-state index in [9.17, 15) is 18.4 Å². The van der Waals surface area contributed by atoms with Gasteiger partial charge in [0.1, 0.15) is 6.61 Å². The topological polar surface area (TPSA) is 46.6 Å². The molecule has 0 radical (unpaired) electrons. The fourth-order valence-corrected chi connectivity index (χ4v) is 3.49. The van der Waals surface area contributed by atoms with Gasteiger partial charge in [-0.1, -0.05) is 55.1 Å². The lowest BCUT2D eigenvalue weighted by molar-refractivity contribution is -0.139. The van der Waals surface area contributed by atoms with Crippen molar-refractivity contribution in [2.75, 3.05) is 6.61 Å². The largest absolute Gasteiger partial charge is 0.458 e. The van der Waals surface area contributed by atoms with E-state index in [1.165, 1.54) is 23.1 Å². The van der Waals surface area contributed by atoms with Gasteiger partial charge in [-0.2, -0.15) is 0 Å². The van der Waals surface area contributed by atoms with Gasteiger partial charge in [-0.3, -0.25) is 4.79 Å². The summed E-state index contributed by atoms with van der Waals surface area (Å²) >= 11 is 0. The molecule has 0 aliphatic carbocycles. The number of hydrogen-bond donors (Lipinski definition) is 0. The first kappa shape index (κ1) is 20.5.